The zero-order chi connectivity index (χ0) is 20.4. The highest BCUT2D eigenvalue weighted by molar-refractivity contribution is 7.17. The number of unbranched alkanes of at least 4 members (excludes halogenated alkanes) is 1. The van der Waals surface area contributed by atoms with Crippen molar-refractivity contribution in [2.24, 2.45) is 0 Å². The minimum absolute atomic E-state index is 0.254. The normalized spacial score (nSPS) is 18.8. The topological polar surface area (TPSA) is 88.5 Å². The van der Waals surface area contributed by atoms with E-state index in [1.54, 1.807) is 12.4 Å². The summed E-state index contributed by atoms with van der Waals surface area (Å²) in [5, 5.41) is 0.577. The third-order valence-electron chi connectivity index (χ3n) is 4.96. The Morgan fingerprint density at radius 1 is 1.34 bits per heavy atom. The summed E-state index contributed by atoms with van der Waals surface area (Å²) in [5.41, 5.74) is 1.22. The van der Waals surface area contributed by atoms with Gasteiger partial charge in [-0.2, -0.15) is 0 Å². The van der Waals surface area contributed by atoms with Crippen LogP contribution >= 0.6 is 11.3 Å². The van der Waals surface area contributed by atoms with Crippen molar-refractivity contribution in [1.82, 2.24) is 19.9 Å². The van der Waals surface area contributed by atoms with E-state index in [-0.39, 0.29) is 12.5 Å². The van der Waals surface area contributed by atoms with Crippen molar-refractivity contribution in [2.75, 3.05) is 31.1 Å². The summed E-state index contributed by atoms with van der Waals surface area (Å²) in [6, 6.07) is 0. The Kier molecular flexibility index (Phi) is 5.70. The molecule has 2 aromatic rings. The second-order valence-corrected chi connectivity index (χ2v) is 8.06. The Morgan fingerprint density at radius 2 is 2.21 bits per heavy atom. The van der Waals surface area contributed by atoms with Gasteiger partial charge >= 0.3 is 6.09 Å². The van der Waals surface area contributed by atoms with Gasteiger partial charge in [-0.1, -0.05) is 13.3 Å². The number of rotatable bonds is 5. The van der Waals surface area contributed by atoms with Gasteiger partial charge in [0.25, 0.3) is 5.91 Å². The first-order valence-electron chi connectivity index (χ1n) is 9.76. The number of thiazole rings is 1. The summed E-state index contributed by atoms with van der Waals surface area (Å²) in [4.78, 5) is 41.6. The number of amides is 2. The number of alkyl halides is 1. The lowest BCUT2D eigenvalue weighted by Gasteiger charge is -2.23. The number of hydrogen-bond acceptors (Lipinski definition) is 8. The lowest BCUT2D eigenvalue weighted by Crippen LogP contribution is -2.41. The van der Waals surface area contributed by atoms with Gasteiger partial charge in [0, 0.05) is 19.5 Å². The predicted molar refractivity (Wildman–Crippen MR) is 106 cm³/mol. The molecule has 2 aliphatic heterocycles. The van der Waals surface area contributed by atoms with Crippen LogP contribution in [0.5, 0.6) is 0 Å². The standard InChI is InChI=1S/C19H22FN5O3S/c1-2-3-8-28-19(27)25-7-5-13-16(18(25)26)29-17(23-13)14-9-22-15(10-21-14)24-6-4-12(20)11-24/h9-10,12H,2-8,11H2,1H3/t12-/m0/s1. The second-order valence-electron chi connectivity index (χ2n) is 7.06. The molecule has 0 aromatic carbocycles. The number of anilines is 1. The Labute approximate surface area is 171 Å². The van der Waals surface area contributed by atoms with Crippen LogP contribution in [0.15, 0.2) is 12.4 Å². The first-order chi connectivity index (χ1) is 14.1. The highest BCUT2D eigenvalue weighted by Crippen LogP contribution is 2.31. The van der Waals surface area contributed by atoms with E-state index in [9.17, 15) is 14.0 Å². The number of imide groups is 1. The van der Waals surface area contributed by atoms with Crippen molar-refractivity contribution in [1.29, 1.82) is 0 Å². The predicted octanol–water partition coefficient (Wildman–Crippen LogP) is 3.08. The molecular weight excluding hydrogens is 397 g/mol. The van der Waals surface area contributed by atoms with Gasteiger partial charge in [0.15, 0.2) is 0 Å². The molecule has 0 unspecified atom stereocenters. The van der Waals surface area contributed by atoms with Crippen molar-refractivity contribution in [2.45, 2.75) is 38.8 Å². The number of halogens is 1. The molecule has 0 saturated carbocycles. The van der Waals surface area contributed by atoms with E-state index in [0.717, 1.165) is 17.7 Å². The van der Waals surface area contributed by atoms with E-state index in [1.807, 2.05) is 11.8 Å². The van der Waals surface area contributed by atoms with Crippen LogP contribution in [0, 0.1) is 0 Å². The molecule has 1 atom stereocenters. The van der Waals surface area contributed by atoms with Crippen LogP contribution in [0.25, 0.3) is 10.7 Å². The van der Waals surface area contributed by atoms with E-state index >= 15 is 0 Å². The average Bonchev–Trinajstić information content (AvgIpc) is 3.35. The molecule has 0 N–H and O–H groups in total. The lowest BCUT2D eigenvalue weighted by atomic mass is 10.2. The van der Waals surface area contributed by atoms with Crippen LogP contribution in [0.4, 0.5) is 15.0 Å². The summed E-state index contributed by atoms with van der Waals surface area (Å²) in [7, 11) is 0. The molecule has 0 radical (unpaired) electrons. The SMILES string of the molecule is CCCCOC(=O)N1CCc2nc(-c3cnc(N4CC[C@H](F)C4)cn3)sc2C1=O. The average molecular weight is 419 g/mol. The first kappa shape index (κ1) is 19.7. The Hall–Kier alpha value is -2.62. The van der Waals surface area contributed by atoms with E-state index in [0.29, 0.717) is 59.6 Å². The number of carbonyl (C=O) groups is 2. The molecule has 154 valence electrons. The van der Waals surface area contributed by atoms with Crippen LogP contribution < -0.4 is 4.90 Å². The maximum absolute atomic E-state index is 13.4. The fraction of sp³-hybridized carbons (Fsp3) is 0.526. The van der Waals surface area contributed by atoms with Gasteiger partial charge in [-0.05, 0) is 12.8 Å². The van der Waals surface area contributed by atoms with Crippen molar-refractivity contribution in [3.05, 3.63) is 23.0 Å². The maximum Gasteiger partial charge on any atom is 0.416 e. The van der Waals surface area contributed by atoms with Crippen LogP contribution in [0.1, 0.15) is 41.6 Å². The summed E-state index contributed by atoms with van der Waals surface area (Å²) in [6.45, 7) is 3.52. The van der Waals surface area contributed by atoms with Gasteiger partial charge in [-0.3, -0.25) is 4.79 Å². The number of aromatic nitrogens is 3. The van der Waals surface area contributed by atoms with E-state index in [1.165, 1.54) is 11.3 Å². The molecule has 8 nitrogen and oxygen atoms in total. The number of nitrogens with zero attached hydrogens (tertiary/aromatic N) is 5. The smallest absolute Gasteiger partial charge is 0.416 e. The zero-order valence-electron chi connectivity index (χ0n) is 16.1. The van der Waals surface area contributed by atoms with Crippen LogP contribution in [-0.4, -0.2) is 64.3 Å². The zero-order valence-corrected chi connectivity index (χ0v) is 17.0. The highest BCUT2D eigenvalue weighted by Gasteiger charge is 2.33. The maximum atomic E-state index is 13.4. The summed E-state index contributed by atoms with van der Waals surface area (Å²) in [5.74, 6) is 0.249. The summed E-state index contributed by atoms with van der Waals surface area (Å²) < 4.78 is 18.5. The lowest BCUT2D eigenvalue weighted by molar-refractivity contribution is 0.0646. The fourth-order valence-corrected chi connectivity index (χ4v) is 4.34. The molecule has 29 heavy (non-hydrogen) atoms. The quantitative estimate of drug-likeness (QED) is 0.688. The van der Waals surface area contributed by atoms with Gasteiger partial charge in [0.2, 0.25) is 0 Å². The van der Waals surface area contributed by atoms with Gasteiger partial charge in [0.1, 0.15) is 27.6 Å². The first-order valence-corrected chi connectivity index (χ1v) is 10.6. The molecule has 10 heteroatoms. The largest absolute Gasteiger partial charge is 0.449 e. The number of carbonyl (C=O) groups excluding carboxylic acids is 2. The van der Waals surface area contributed by atoms with Gasteiger partial charge in [0.05, 0.1) is 31.2 Å². The van der Waals surface area contributed by atoms with Crippen molar-refractivity contribution in [3.63, 3.8) is 0 Å². The second kappa shape index (κ2) is 8.40. The van der Waals surface area contributed by atoms with E-state index < -0.39 is 12.3 Å². The Balaban J connectivity index is 1.47. The number of fused-ring (bicyclic) bond motifs is 1. The van der Waals surface area contributed by atoms with E-state index in [2.05, 4.69) is 15.0 Å². The summed E-state index contributed by atoms with van der Waals surface area (Å²) >= 11 is 1.20. The van der Waals surface area contributed by atoms with Gasteiger partial charge in [-0.25, -0.2) is 29.0 Å². The van der Waals surface area contributed by atoms with Crippen LogP contribution in [-0.2, 0) is 11.2 Å². The molecule has 0 bridgehead atoms. The third-order valence-corrected chi connectivity index (χ3v) is 6.07. The third kappa shape index (κ3) is 4.07. The molecule has 2 aliphatic rings. The molecule has 1 fully saturated rings. The monoisotopic (exact) mass is 419 g/mol. The van der Waals surface area contributed by atoms with Crippen LogP contribution in [0.2, 0.25) is 0 Å². The molecule has 4 heterocycles. The molecule has 4 rings (SSSR count). The number of hydrogen-bond donors (Lipinski definition) is 0. The van der Waals surface area contributed by atoms with Crippen molar-refractivity contribution < 1.29 is 18.7 Å². The van der Waals surface area contributed by atoms with Gasteiger partial charge < -0.3 is 9.64 Å². The van der Waals surface area contributed by atoms with Crippen molar-refractivity contribution >= 4 is 29.2 Å². The van der Waals surface area contributed by atoms with Crippen LogP contribution in [0.3, 0.4) is 0 Å². The molecule has 2 amide bonds. The summed E-state index contributed by atoms with van der Waals surface area (Å²) in [6.07, 6.45) is 4.42. The number of ether oxygens (including phenoxy) is 1. The Morgan fingerprint density at radius 3 is 2.90 bits per heavy atom. The van der Waals surface area contributed by atoms with Crippen molar-refractivity contribution in [3.8, 4) is 10.7 Å². The fourth-order valence-electron chi connectivity index (χ4n) is 3.32. The molecule has 2 aromatic heterocycles. The minimum Gasteiger partial charge on any atom is -0.449 e. The minimum atomic E-state index is -0.829. The van der Waals surface area contributed by atoms with Gasteiger partial charge in [-0.15, -0.1) is 11.3 Å². The van der Waals surface area contributed by atoms with E-state index in [4.69, 9.17) is 4.74 Å². The highest BCUT2D eigenvalue weighted by atomic mass is 32.1. The molecular formula is C19H22FN5O3S. The molecule has 1 saturated heterocycles. The molecule has 0 aliphatic carbocycles. The Bertz CT molecular complexity index is 904. The molecule has 0 spiro atoms.